The molecular weight excluding hydrogens is 288 g/mol. The van der Waals surface area contributed by atoms with Crippen LogP contribution in [0.4, 0.5) is 8.78 Å². The summed E-state index contributed by atoms with van der Waals surface area (Å²) in [5, 5.41) is -3.54. The van der Waals surface area contributed by atoms with Crippen LogP contribution in [0.1, 0.15) is 6.92 Å². The first-order chi connectivity index (χ1) is 9.48. The molecule has 0 aliphatic rings. The van der Waals surface area contributed by atoms with Gasteiger partial charge in [0, 0.05) is 11.6 Å². The second kappa shape index (κ2) is 5.62. The Bertz CT molecular complexity index is 670. The number of fused-ring (bicyclic) bond motifs is 1. The summed E-state index contributed by atoms with van der Waals surface area (Å²) >= 11 is 0. The molecule has 1 heterocycles. The molecule has 1 aromatic carbocycles. The molecule has 1 atom stereocenters. The highest BCUT2D eigenvalue weighted by molar-refractivity contribution is 7.87. The van der Waals surface area contributed by atoms with E-state index in [1.807, 2.05) is 0 Å². The SMILES string of the molecule is CCOC(=O)C(F)(F)S(=O)c1cccc2cccnc12. The maximum absolute atomic E-state index is 13.8. The van der Waals surface area contributed by atoms with Crippen molar-refractivity contribution in [3.8, 4) is 0 Å². The van der Waals surface area contributed by atoms with Crippen LogP contribution in [0.25, 0.3) is 10.9 Å². The molecule has 0 saturated heterocycles. The summed E-state index contributed by atoms with van der Waals surface area (Å²) in [6.07, 6.45) is 1.41. The van der Waals surface area contributed by atoms with E-state index in [9.17, 15) is 17.8 Å². The van der Waals surface area contributed by atoms with Gasteiger partial charge in [-0.3, -0.25) is 4.98 Å². The zero-order valence-corrected chi connectivity index (χ0v) is 11.3. The van der Waals surface area contributed by atoms with Gasteiger partial charge in [-0.1, -0.05) is 18.2 Å². The van der Waals surface area contributed by atoms with Crippen LogP contribution < -0.4 is 0 Å². The van der Waals surface area contributed by atoms with E-state index in [1.54, 1.807) is 18.2 Å². The molecule has 106 valence electrons. The summed E-state index contributed by atoms with van der Waals surface area (Å²) in [5.41, 5.74) is 0.178. The Kier molecular flexibility index (Phi) is 4.08. The van der Waals surface area contributed by atoms with Crippen molar-refractivity contribution in [3.05, 3.63) is 36.5 Å². The smallest absolute Gasteiger partial charge is 0.420 e. The van der Waals surface area contributed by atoms with E-state index in [1.165, 1.54) is 25.3 Å². The van der Waals surface area contributed by atoms with Gasteiger partial charge < -0.3 is 4.74 Å². The second-order valence-electron chi connectivity index (χ2n) is 3.84. The molecule has 1 aromatic heterocycles. The highest BCUT2D eigenvalue weighted by atomic mass is 32.2. The molecule has 0 aliphatic heterocycles. The van der Waals surface area contributed by atoms with Gasteiger partial charge in [0.25, 0.3) is 0 Å². The number of para-hydroxylation sites is 1. The monoisotopic (exact) mass is 299 g/mol. The summed E-state index contributed by atoms with van der Waals surface area (Å²) in [7, 11) is -2.87. The molecule has 0 bridgehead atoms. The van der Waals surface area contributed by atoms with Gasteiger partial charge >= 0.3 is 11.2 Å². The minimum atomic E-state index is -4.11. The highest BCUT2D eigenvalue weighted by Crippen LogP contribution is 2.30. The average Bonchev–Trinajstić information content (AvgIpc) is 2.46. The first-order valence-corrected chi connectivity index (χ1v) is 6.94. The molecule has 0 fully saturated rings. The van der Waals surface area contributed by atoms with Gasteiger partial charge in [0.05, 0.1) is 17.0 Å². The average molecular weight is 299 g/mol. The third kappa shape index (κ3) is 2.53. The molecular formula is C13H11F2NO3S. The Labute approximate surface area is 116 Å². The molecule has 2 rings (SSSR count). The lowest BCUT2D eigenvalue weighted by atomic mass is 10.2. The lowest BCUT2D eigenvalue weighted by Gasteiger charge is -2.14. The zero-order valence-electron chi connectivity index (χ0n) is 10.5. The number of aromatic nitrogens is 1. The van der Waals surface area contributed by atoms with E-state index in [0.717, 1.165) is 0 Å². The fraction of sp³-hybridized carbons (Fsp3) is 0.231. The fourth-order valence-corrected chi connectivity index (χ4v) is 2.69. The van der Waals surface area contributed by atoms with E-state index >= 15 is 0 Å². The molecule has 7 heteroatoms. The number of esters is 1. The largest absolute Gasteiger partial charge is 0.461 e. The third-order valence-electron chi connectivity index (χ3n) is 2.54. The highest BCUT2D eigenvalue weighted by Gasteiger charge is 2.48. The number of halogens is 2. The topological polar surface area (TPSA) is 56.3 Å². The van der Waals surface area contributed by atoms with E-state index in [2.05, 4.69) is 9.72 Å². The second-order valence-corrected chi connectivity index (χ2v) is 5.33. The van der Waals surface area contributed by atoms with Crippen molar-refractivity contribution in [1.82, 2.24) is 4.98 Å². The lowest BCUT2D eigenvalue weighted by Crippen LogP contribution is -2.35. The first kappa shape index (κ1) is 14.5. The molecule has 0 N–H and O–H groups in total. The van der Waals surface area contributed by atoms with Gasteiger partial charge in [-0.15, -0.1) is 0 Å². The van der Waals surface area contributed by atoms with Crippen molar-refractivity contribution in [2.24, 2.45) is 0 Å². The number of benzene rings is 1. The number of ether oxygens (including phenoxy) is 1. The Morgan fingerprint density at radius 1 is 1.35 bits per heavy atom. The molecule has 0 saturated carbocycles. The Hall–Kier alpha value is -1.89. The first-order valence-electron chi connectivity index (χ1n) is 5.79. The normalized spacial score (nSPS) is 13.2. The predicted octanol–water partition coefficient (Wildman–Crippen LogP) is 2.50. The molecule has 2 aromatic rings. The summed E-state index contributed by atoms with van der Waals surface area (Å²) in [6.45, 7) is 1.19. The van der Waals surface area contributed by atoms with Gasteiger partial charge in [0.2, 0.25) is 0 Å². The van der Waals surface area contributed by atoms with E-state index < -0.39 is 22.0 Å². The maximum Gasteiger partial charge on any atom is 0.420 e. The van der Waals surface area contributed by atoms with Crippen LogP contribution in [0.2, 0.25) is 0 Å². The van der Waals surface area contributed by atoms with Crippen molar-refractivity contribution < 1.29 is 22.5 Å². The summed E-state index contributed by atoms with van der Waals surface area (Å²) < 4.78 is 43.9. The fourth-order valence-electron chi connectivity index (χ4n) is 1.65. The number of hydrogen-bond acceptors (Lipinski definition) is 4. The van der Waals surface area contributed by atoms with Crippen molar-refractivity contribution >= 4 is 27.7 Å². The number of hydrogen-bond donors (Lipinski definition) is 0. The number of pyridine rings is 1. The third-order valence-corrected chi connectivity index (χ3v) is 3.90. The Morgan fingerprint density at radius 3 is 2.75 bits per heavy atom. The molecule has 4 nitrogen and oxygen atoms in total. The van der Waals surface area contributed by atoms with Crippen LogP contribution in [0.15, 0.2) is 41.4 Å². The number of alkyl halides is 2. The summed E-state index contributed by atoms with van der Waals surface area (Å²) in [4.78, 5) is 15.0. The van der Waals surface area contributed by atoms with Crippen LogP contribution in [-0.2, 0) is 20.3 Å². The van der Waals surface area contributed by atoms with Gasteiger partial charge in [0.15, 0.2) is 0 Å². The van der Waals surface area contributed by atoms with Crippen LogP contribution in [0.5, 0.6) is 0 Å². The minimum absolute atomic E-state index is 0.178. The van der Waals surface area contributed by atoms with Crippen LogP contribution in [0, 0.1) is 0 Å². The van der Waals surface area contributed by atoms with Crippen LogP contribution >= 0.6 is 0 Å². The van der Waals surface area contributed by atoms with Crippen molar-refractivity contribution in [3.63, 3.8) is 0 Å². The Morgan fingerprint density at radius 2 is 2.05 bits per heavy atom. The quantitative estimate of drug-likeness (QED) is 0.814. The van der Waals surface area contributed by atoms with Crippen LogP contribution in [-0.4, -0.2) is 27.0 Å². The van der Waals surface area contributed by atoms with E-state index in [0.29, 0.717) is 5.39 Å². The number of nitrogens with zero attached hydrogens (tertiary/aromatic N) is 1. The zero-order chi connectivity index (χ0) is 14.8. The van der Waals surface area contributed by atoms with Gasteiger partial charge in [-0.2, -0.15) is 8.78 Å². The summed E-state index contributed by atoms with van der Waals surface area (Å²) in [6, 6.07) is 7.70. The standard InChI is InChI=1S/C13H11F2NO3S/c1-2-19-12(17)13(14,15)20(18)10-7-3-5-9-6-4-8-16-11(9)10/h3-8H,2H2,1H3. The molecule has 0 radical (unpaired) electrons. The molecule has 20 heavy (non-hydrogen) atoms. The Balaban J connectivity index is 2.48. The number of carbonyl (C=O) groups excluding carboxylic acids is 1. The number of rotatable bonds is 4. The minimum Gasteiger partial charge on any atom is -0.461 e. The number of carbonyl (C=O) groups is 1. The van der Waals surface area contributed by atoms with Gasteiger partial charge in [-0.05, 0) is 19.1 Å². The lowest BCUT2D eigenvalue weighted by molar-refractivity contribution is -0.159. The molecule has 0 amide bonds. The summed E-state index contributed by atoms with van der Waals surface area (Å²) in [5.74, 6) is -1.80. The van der Waals surface area contributed by atoms with Gasteiger partial charge in [0.1, 0.15) is 10.8 Å². The van der Waals surface area contributed by atoms with Crippen LogP contribution in [0.3, 0.4) is 0 Å². The van der Waals surface area contributed by atoms with Crippen molar-refractivity contribution in [1.29, 1.82) is 0 Å². The molecule has 1 unspecified atom stereocenters. The van der Waals surface area contributed by atoms with E-state index in [-0.39, 0.29) is 17.0 Å². The predicted molar refractivity (Wildman–Crippen MR) is 69.7 cm³/mol. The van der Waals surface area contributed by atoms with E-state index in [4.69, 9.17) is 0 Å². The maximum atomic E-state index is 13.8. The van der Waals surface area contributed by atoms with Gasteiger partial charge in [-0.25, -0.2) is 9.00 Å². The van der Waals surface area contributed by atoms with Crippen molar-refractivity contribution in [2.45, 2.75) is 17.1 Å². The molecule has 0 spiro atoms. The van der Waals surface area contributed by atoms with Crippen molar-refractivity contribution in [2.75, 3.05) is 6.61 Å². The molecule has 0 aliphatic carbocycles.